The van der Waals surface area contributed by atoms with Gasteiger partial charge in [-0.2, -0.15) is 5.26 Å². The van der Waals surface area contributed by atoms with Gasteiger partial charge in [-0.3, -0.25) is 4.79 Å². The first-order chi connectivity index (χ1) is 13.0. The molecule has 0 aromatic heterocycles. The number of carbonyl (C=O) groups excluding carboxylic acids is 1. The van der Waals surface area contributed by atoms with E-state index in [2.05, 4.69) is 0 Å². The smallest absolute Gasteiger partial charge is 0.326 e. The van der Waals surface area contributed by atoms with Crippen LogP contribution in [-0.4, -0.2) is 48.7 Å². The van der Waals surface area contributed by atoms with Crippen LogP contribution in [0.2, 0.25) is 0 Å². The Balaban J connectivity index is 2.05. The molecule has 0 aliphatic carbocycles. The predicted molar refractivity (Wildman–Crippen MR) is 97.5 cm³/mol. The van der Waals surface area contributed by atoms with Crippen molar-refractivity contribution < 1.29 is 24.2 Å². The number of hydrogen-bond donors (Lipinski definition) is 1. The predicted octanol–water partition coefficient (Wildman–Crippen LogP) is 2.10. The molecule has 0 aliphatic rings. The molecule has 27 heavy (non-hydrogen) atoms. The minimum Gasteiger partial charge on any atom is -0.493 e. The summed E-state index contributed by atoms with van der Waals surface area (Å²) in [6.07, 6.45) is 0.193. The molecular formula is C20H20N2O5. The molecular weight excluding hydrogens is 348 g/mol. The second-order valence-corrected chi connectivity index (χ2v) is 5.81. The van der Waals surface area contributed by atoms with Gasteiger partial charge in [0.2, 0.25) is 0 Å². The van der Waals surface area contributed by atoms with E-state index in [-0.39, 0.29) is 13.0 Å². The zero-order valence-electron chi connectivity index (χ0n) is 15.1. The highest BCUT2D eigenvalue weighted by Gasteiger charge is 2.27. The fourth-order valence-electron chi connectivity index (χ4n) is 2.50. The molecule has 0 bridgehead atoms. The molecule has 2 rings (SSSR count). The first-order valence-electron chi connectivity index (χ1n) is 8.19. The number of carbonyl (C=O) groups is 2. The van der Waals surface area contributed by atoms with Crippen LogP contribution < -0.4 is 9.47 Å². The molecule has 0 spiro atoms. The number of amides is 1. The zero-order valence-corrected chi connectivity index (χ0v) is 15.1. The molecule has 0 saturated heterocycles. The van der Waals surface area contributed by atoms with Crippen molar-refractivity contribution in [2.75, 3.05) is 20.8 Å². The molecule has 7 heteroatoms. The van der Waals surface area contributed by atoms with Crippen molar-refractivity contribution in [1.29, 1.82) is 5.26 Å². The second-order valence-electron chi connectivity index (χ2n) is 5.81. The number of likely N-dealkylation sites (N-methyl/N-ethyl adjacent to an activating group) is 1. The van der Waals surface area contributed by atoms with Crippen molar-refractivity contribution in [2.45, 2.75) is 12.5 Å². The van der Waals surface area contributed by atoms with Gasteiger partial charge in [0.15, 0.2) is 18.1 Å². The standard InChI is InChI=1S/C20H20N2O5/c1-22(16(20(24)25)10-14-6-4-3-5-7-14)19(23)13-27-17-9-8-15(12-21)11-18(17)26-2/h3-9,11,16H,10,13H2,1-2H3,(H,24,25). The summed E-state index contributed by atoms with van der Waals surface area (Å²) in [6.45, 7) is -0.350. The van der Waals surface area contributed by atoms with E-state index in [0.717, 1.165) is 10.5 Å². The van der Waals surface area contributed by atoms with E-state index in [0.29, 0.717) is 17.1 Å². The van der Waals surface area contributed by atoms with Crippen LogP contribution in [0.1, 0.15) is 11.1 Å². The van der Waals surface area contributed by atoms with Crippen molar-refractivity contribution >= 4 is 11.9 Å². The minimum absolute atomic E-state index is 0.193. The van der Waals surface area contributed by atoms with Crippen molar-refractivity contribution in [3.8, 4) is 17.6 Å². The Labute approximate surface area is 157 Å². The number of rotatable bonds is 8. The lowest BCUT2D eigenvalue weighted by atomic mass is 10.1. The number of hydrogen-bond acceptors (Lipinski definition) is 5. The molecule has 0 saturated carbocycles. The molecule has 0 fully saturated rings. The lowest BCUT2D eigenvalue weighted by Crippen LogP contribution is -2.45. The van der Waals surface area contributed by atoms with Gasteiger partial charge in [-0.15, -0.1) is 0 Å². The summed E-state index contributed by atoms with van der Waals surface area (Å²) in [5.41, 5.74) is 1.22. The molecule has 1 N–H and O–H groups in total. The van der Waals surface area contributed by atoms with E-state index < -0.39 is 17.9 Å². The van der Waals surface area contributed by atoms with Gasteiger partial charge in [0.05, 0.1) is 18.7 Å². The fraction of sp³-hybridized carbons (Fsp3) is 0.250. The molecule has 1 unspecified atom stereocenters. The topological polar surface area (TPSA) is 99.9 Å². The van der Waals surface area contributed by atoms with Crippen LogP contribution in [0.5, 0.6) is 11.5 Å². The maximum atomic E-state index is 12.4. The molecule has 0 heterocycles. The highest BCUT2D eigenvalue weighted by Crippen LogP contribution is 2.27. The third kappa shape index (κ3) is 5.22. The van der Waals surface area contributed by atoms with Crippen LogP contribution in [0, 0.1) is 11.3 Å². The Morgan fingerprint density at radius 3 is 2.48 bits per heavy atom. The Morgan fingerprint density at radius 1 is 1.19 bits per heavy atom. The van der Waals surface area contributed by atoms with Crippen molar-refractivity contribution in [1.82, 2.24) is 4.90 Å². The van der Waals surface area contributed by atoms with Gasteiger partial charge >= 0.3 is 5.97 Å². The molecule has 0 aliphatic heterocycles. The number of ether oxygens (including phenoxy) is 2. The van der Waals surface area contributed by atoms with Crippen LogP contribution in [0.25, 0.3) is 0 Å². The molecule has 140 valence electrons. The van der Waals surface area contributed by atoms with Gasteiger partial charge in [-0.05, 0) is 17.7 Å². The third-order valence-electron chi connectivity index (χ3n) is 4.06. The van der Waals surface area contributed by atoms with E-state index in [4.69, 9.17) is 14.7 Å². The van der Waals surface area contributed by atoms with Crippen LogP contribution in [0.3, 0.4) is 0 Å². The summed E-state index contributed by atoms with van der Waals surface area (Å²) in [5, 5.41) is 18.4. The lowest BCUT2D eigenvalue weighted by Gasteiger charge is -2.25. The van der Waals surface area contributed by atoms with Gasteiger partial charge in [0.25, 0.3) is 5.91 Å². The van der Waals surface area contributed by atoms with Crippen molar-refractivity contribution in [3.05, 3.63) is 59.7 Å². The quantitative estimate of drug-likeness (QED) is 0.766. The van der Waals surface area contributed by atoms with E-state index in [1.807, 2.05) is 36.4 Å². The van der Waals surface area contributed by atoms with Crippen LogP contribution in [0.15, 0.2) is 48.5 Å². The van der Waals surface area contributed by atoms with E-state index >= 15 is 0 Å². The first kappa shape index (κ1) is 19.8. The van der Waals surface area contributed by atoms with Crippen LogP contribution in [-0.2, 0) is 16.0 Å². The highest BCUT2D eigenvalue weighted by atomic mass is 16.5. The monoisotopic (exact) mass is 368 g/mol. The van der Waals surface area contributed by atoms with Gasteiger partial charge in [0.1, 0.15) is 6.04 Å². The van der Waals surface area contributed by atoms with Crippen molar-refractivity contribution in [3.63, 3.8) is 0 Å². The number of carboxylic acids is 1. The summed E-state index contributed by atoms with van der Waals surface area (Å²) >= 11 is 0. The molecule has 7 nitrogen and oxygen atoms in total. The van der Waals surface area contributed by atoms with Gasteiger partial charge in [-0.25, -0.2) is 4.79 Å². The number of methoxy groups -OCH3 is 1. The number of aliphatic carboxylic acids is 1. The third-order valence-corrected chi connectivity index (χ3v) is 4.06. The van der Waals surface area contributed by atoms with E-state index in [1.165, 1.54) is 26.3 Å². The largest absolute Gasteiger partial charge is 0.493 e. The van der Waals surface area contributed by atoms with Gasteiger partial charge in [-0.1, -0.05) is 30.3 Å². The Bertz CT molecular complexity index is 845. The fourth-order valence-corrected chi connectivity index (χ4v) is 2.50. The molecule has 2 aromatic carbocycles. The number of carboxylic acid groups (broad SMARTS) is 1. The zero-order chi connectivity index (χ0) is 19.8. The Morgan fingerprint density at radius 2 is 1.89 bits per heavy atom. The SMILES string of the molecule is COc1cc(C#N)ccc1OCC(=O)N(C)C(Cc1ccccc1)C(=O)O. The minimum atomic E-state index is -1.09. The summed E-state index contributed by atoms with van der Waals surface area (Å²) in [5.74, 6) is -0.952. The normalized spacial score (nSPS) is 11.1. The lowest BCUT2D eigenvalue weighted by molar-refractivity contribution is -0.149. The molecule has 1 amide bonds. The summed E-state index contributed by atoms with van der Waals surface area (Å²) in [6, 6.07) is 14.6. The molecule has 0 radical (unpaired) electrons. The molecule has 2 aromatic rings. The maximum absolute atomic E-state index is 12.4. The average molecular weight is 368 g/mol. The van der Waals surface area contributed by atoms with Crippen molar-refractivity contribution in [2.24, 2.45) is 0 Å². The second kappa shape index (κ2) is 9.25. The summed E-state index contributed by atoms with van der Waals surface area (Å²) in [4.78, 5) is 25.2. The number of benzene rings is 2. The van der Waals surface area contributed by atoms with E-state index in [1.54, 1.807) is 6.07 Å². The summed E-state index contributed by atoms with van der Waals surface area (Å²) in [7, 11) is 2.86. The average Bonchev–Trinajstić information content (AvgIpc) is 2.70. The molecule has 1 atom stereocenters. The Kier molecular flexibility index (Phi) is 6.78. The van der Waals surface area contributed by atoms with Gasteiger partial charge in [0, 0.05) is 19.5 Å². The number of nitriles is 1. The highest BCUT2D eigenvalue weighted by molar-refractivity contribution is 5.84. The van der Waals surface area contributed by atoms with E-state index in [9.17, 15) is 14.7 Å². The first-order valence-corrected chi connectivity index (χ1v) is 8.19. The van der Waals surface area contributed by atoms with Crippen LogP contribution in [0.4, 0.5) is 0 Å². The summed E-state index contributed by atoms with van der Waals surface area (Å²) < 4.78 is 10.6. The van der Waals surface area contributed by atoms with Crippen LogP contribution >= 0.6 is 0 Å². The number of nitrogens with zero attached hydrogens (tertiary/aromatic N) is 2. The maximum Gasteiger partial charge on any atom is 0.326 e. The Hall–Kier alpha value is -3.53. The van der Waals surface area contributed by atoms with Gasteiger partial charge < -0.3 is 19.5 Å².